The van der Waals surface area contributed by atoms with Gasteiger partial charge in [-0.2, -0.15) is 10.1 Å². The zero-order chi connectivity index (χ0) is 19.6. The van der Waals surface area contributed by atoms with E-state index in [0.717, 1.165) is 15.8 Å². The Hall–Kier alpha value is -3.35. The molecule has 1 aromatic heterocycles. The summed E-state index contributed by atoms with van der Waals surface area (Å²) in [5, 5.41) is 6.78. The smallest absolute Gasteiger partial charge is 0.324 e. The molecule has 7 heteroatoms. The van der Waals surface area contributed by atoms with E-state index in [-0.39, 0.29) is 5.82 Å². The highest BCUT2D eigenvalue weighted by atomic mass is 19.1. The van der Waals surface area contributed by atoms with Crippen LogP contribution in [0.25, 0.3) is 11.3 Å². The number of carbonyl (C=O) groups is 1. The van der Waals surface area contributed by atoms with E-state index in [0.29, 0.717) is 16.9 Å². The van der Waals surface area contributed by atoms with Gasteiger partial charge in [0.1, 0.15) is 11.9 Å². The van der Waals surface area contributed by atoms with E-state index in [1.54, 1.807) is 13.8 Å². The van der Waals surface area contributed by atoms with E-state index < -0.39 is 17.6 Å². The summed E-state index contributed by atoms with van der Waals surface area (Å²) in [6, 6.07) is 10.7. The van der Waals surface area contributed by atoms with E-state index in [2.05, 4.69) is 15.4 Å². The van der Waals surface area contributed by atoms with Crippen LogP contribution in [0.15, 0.2) is 53.5 Å². The van der Waals surface area contributed by atoms with Crippen LogP contribution in [0.3, 0.4) is 0 Å². The van der Waals surface area contributed by atoms with Gasteiger partial charge in [0, 0.05) is 11.3 Å². The van der Waals surface area contributed by atoms with Gasteiger partial charge in [0.15, 0.2) is 0 Å². The standard InChI is InChI=1S/C20H19FN4O2/c1-12-4-6-15(7-5-12)18-11-22-25(20(27)24-18)14(3)19(26)23-17-9-8-16(21)10-13(17)2/h4-11,14H,1-3H3,(H,23,26)/t14-/m1/s1. The predicted molar refractivity (Wildman–Crippen MR) is 101 cm³/mol. The highest BCUT2D eigenvalue weighted by Crippen LogP contribution is 2.18. The van der Waals surface area contributed by atoms with E-state index in [1.807, 2.05) is 31.2 Å². The third kappa shape index (κ3) is 4.08. The van der Waals surface area contributed by atoms with Crippen molar-refractivity contribution in [3.05, 3.63) is 76.1 Å². The van der Waals surface area contributed by atoms with Crippen LogP contribution in [0, 0.1) is 19.7 Å². The lowest BCUT2D eigenvalue weighted by molar-refractivity contribution is -0.119. The first-order chi connectivity index (χ1) is 12.8. The molecule has 1 N–H and O–H groups in total. The van der Waals surface area contributed by atoms with Crippen LogP contribution in [-0.2, 0) is 4.79 Å². The van der Waals surface area contributed by atoms with Crippen molar-refractivity contribution in [1.29, 1.82) is 0 Å². The fourth-order valence-electron chi connectivity index (χ4n) is 2.59. The summed E-state index contributed by atoms with van der Waals surface area (Å²) < 4.78 is 14.2. The zero-order valence-corrected chi connectivity index (χ0v) is 15.2. The summed E-state index contributed by atoms with van der Waals surface area (Å²) in [6.07, 6.45) is 1.46. The van der Waals surface area contributed by atoms with Gasteiger partial charge in [-0.3, -0.25) is 4.79 Å². The summed E-state index contributed by atoms with van der Waals surface area (Å²) in [5.41, 5.74) is 2.76. The lowest BCUT2D eigenvalue weighted by Crippen LogP contribution is -2.35. The number of halogens is 1. The largest absolute Gasteiger partial charge is 0.365 e. The number of nitrogens with zero attached hydrogens (tertiary/aromatic N) is 3. The molecule has 0 bridgehead atoms. The summed E-state index contributed by atoms with van der Waals surface area (Å²) >= 11 is 0. The molecule has 0 unspecified atom stereocenters. The first kappa shape index (κ1) is 18.4. The van der Waals surface area contributed by atoms with Crippen LogP contribution in [0.2, 0.25) is 0 Å². The van der Waals surface area contributed by atoms with Crippen molar-refractivity contribution in [2.75, 3.05) is 5.32 Å². The molecule has 1 amide bonds. The molecule has 6 nitrogen and oxygen atoms in total. The predicted octanol–water partition coefficient (Wildman–Crippen LogP) is 3.26. The zero-order valence-electron chi connectivity index (χ0n) is 15.2. The molecule has 1 heterocycles. The SMILES string of the molecule is Cc1ccc(-c2cnn([C@H](C)C(=O)Nc3ccc(F)cc3C)c(=O)n2)cc1. The first-order valence-corrected chi connectivity index (χ1v) is 8.45. The molecule has 0 saturated heterocycles. The summed E-state index contributed by atoms with van der Waals surface area (Å²) in [4.78, 5) is 28.8. The van der Waals surface area contributed by atoms with Gasteiger partial charge >= 0.3 is 5.69 Å². The van der Waals surface area contributed by atoms with Crippen LogP contribution in [0.1, 0.15) is 24.1 Å². The number of aryl methyl sites for hydroxylation is 2. The number of hydrogen-bond acceptors (Lipinski definition) is 4. The van der Waals surface area contributed by atoms with Gasteiger partial charge in [-0.05, 0) is 44.5 Å². The highest BCUT2D eigenvalue weighted by molar-refractivity contribution is 5.94. The molecular weight excluding hydrogens is 347 g/mol. The fourth-order valence-corrected chi connectivity index (χ4v) is 2.59. The molecule has 0 saturated carbocycles. The molecule has 3 aromatic rings. The van der Waals surface area contributed by atoms with E-state index in [9.17, 15) is 14.0 Å². The number of amides is 1. The van der Waals surface area contributed by atoms with Crippen LogP contribution in [-0.4, -0.2) is 20.7 Å². The number of rotatable bonds is 4. The van der Waals surface area contributed by atoms with Gasteiger partial charge in [0.25, 0.3) is 0 Å². The topological polar surface area (TPSA) is 76.9 Å². The Balaban J connectivity index is 1.81. The molecule has 138 valence electrons. The number of nitrogens with one attached hydrogen (secondary N) is 1. The molecule has 1 atom stereocenters. The van der Waals surface area contributed by atoms with Crippen molar-refractivity contribution in [3.63, 3.8) is 0 Å². The normalized spacial score (nSPS) is 11.9. The summed E-state index contributed by atoms with van der Waals surface area (Å²) in [7, 11) is 0. The summed E-state index contributed by atoms with van der Waals surface area (Å²) in [6.45, 7) is 5.21. The molecular formula is C20H19FN4O2. The quantitative estimate of drug-likeness (QED) is 0.769. The highest BCUT2D eigenvalue weighted by Gasteiger charge is 2.19. The molecule has 0 spiro atoms. The van der Waals surface area contributed by atoms with Crippen LogP contribution in [0.5, 0.6) is 0 Å². The van der Waals surface area contributed by atoms with Crippen molar-refractivity contribution in [3.8, 4) is 11.3 Å². The molecule has 0 aliphatic rings. The maximum absolute atomic E-state index is 13.2. The average molecular weight is 366 g/mol. The molecule has 3 rings (SSSR count). The molecule has 0 radical (unpaired) electrons. The Labute approximate surface area is 155 Å². The third-order valence-corrected chi connectivity index (χ3v) is 4.26. The number of aromatic nitrogens is 3. The Morgan fingerprint density at radius 2 is 1.85 bits per heavy atom. The Bertz CT molecular complexity index is 1040. The van der Waals surface area contributed by atoms with Crippen LogP contribution < -0.4 is 11.0 Å². The minimum Gasteiger partial charge on any atom is -0.324 e. The van der Waals surface area contributed by atoms with Crippen molar-refractivity contribution < 1.29 is 9.18 Å². The Morgan fingerprint density at radius 1 is 1.15 bits per heavy atom. The fraction of sp³-hybridized carbons (Fsp3) is 0.200. The van der Waals surface area contributed by atoms with E-state index in [1.165, 1.54) is 24.4 Å². The second-order valence-corrected chi connectivity index (χ2v) is 6.36. The number of carbonyl (C=O) groups excluding carboxylic acids is 1. The van der Waals surface area contributed by atoms with Gasteiger partial charge in [0.2, 0.25) is 5.91 Å². The van der Waals surface area contributed by atoms with Gasteiger partial charge in [-0.1, -0.05) is 29.8 Å². The van der Waals surface area contributed by atoms with Crippen LogP contribution in [0.4, 0.5) is 10.1 Å². The Morgan fingerprint density at radius 3 is 2.48 bits per heavy atom. The molecule has 0 aliphatic heterocycles. The number of hydrogen-bond donors (Lipinski definition) is 1. The monoisotopic (exact) mass is 366 g/mol. The van der Waals surface area contributed by atoms with Gasteiger partial charge < -0.3 is 5.32 Å². The maximum Gasteiger partial charge on any atom is 0.365 e. The molecule has 27 heavy (non-hydrogen) atoms. The second-order valence-electron chi connectivity index (χ2n) is 6.36. The Kier molecular flexibility index (Phi) is 5.12. The van der Waals surface area contributed by atoms with Crippen LogP contribution >= 0.6 is 0 Å². The third-order valence-electron chi connectivity index (χ3n) is 4.26. The molecule has 0 fully saturated rings. The van der Waals surface area contributed by atoms with E-state index >= 15 is 0 Å². The lowest BCUT2D eigenvalue weighted by atomic mass is 10.1. The molecule has 0 aliphatic carbocycles. The summed E-state index contributed by atoms with van der Waals surface area (Å²) in [5.74, 6) is -0.823. The second kappa shape index (κ2) is 7.49. The van der Waals surface area contributed by atoms with Gasteiger partial charge in [-0.15, -0.1) is 0 Å². The van der Waals surface area contributed by atoms with Crippen molar-refractivity contribution >= 4 is 11.6 Å². The van der Waals surface area contributed by atoms with Gasteiger partial charge in [-0.25, -0.2) is 13.9 Å². The molecule has 2 aromatic carbocycles. The van der Waals surface area contributed by atoms with Crippen molar-refractivity contribution in [1.82, 2.24) is 14.8 Å². The average Bonchev–Trinajstić information content (AvgIpc) is 2.64. The lowest BCUT2D eigenvalue weighted by Gasteiger charge is -2.15. The van der Waals surface area contributed by atoms with E-state index in [4.69, 9.17) is 0 Å². The first-order valence-electron chi connectivity index (χ1n) is 8.45. The van der Waals surface area contributed by atoms with Crippen molar-refractivity contribution in [2.45, 2.75) is 26.8 Å². The minimum absolute atomic E-state index is 0.382. The number of benzene rings is 2. The van der Waals surface area contributed by atoms with Gasteiger partial charge in [0.05, 0.1) is 11.9 Å². The van der Waals surface area contributed by atoms with Crippen molar-refractivity contribution in [2.24, 2.45) is 0 Å². The maximum atomic E-state index is 13.2. The minimum atomic E-state index is -0.874. The number of anilines is 1.